The molecule has 0 aromatic carbocycles. The van der Waals surface area contributed by atoms with Crippen molar-refractivity contribution in [3.05, 3.63) is 6.20 Å². The highest BCUT2D eigenvalue weighted by Crippen LogP contribution is 2.35. The molecule has 336 valence electrons. The average molecular weight is 844 g/mol. The molecule has 1 fully saturated rings. The van der Waals surface area contributed by atoms with E-state index in [4.69, 9.17) is 10.5 Å². The maximum atomic E-state index is 13.2. The molecule has 15 nitrogen and oxygen atoms in total. The summed E-state index contributed by atoms with van der Waals surface area (Å²) in [4.78, 5) is 38.5. The van der Waals surface area contributed by atoms with Gasteiger partial charge < -0.3 is 46.4 Å². The van der Waals surface area contributed by atoms with Gasteiger partial charge in [-0.15, -0.1) is 5.10 Å². The zero-order chi connectivity index (χ0) is 42.9. The van der Waals surface area contributed by atoms with E-state index in [0.29, 0.717) is 12.8 Å². The number of carboxylic acids is 2. The van der Waals surface area contributed by atoms with E-state index in [2.05, 4.69) is 29.5 Å². The highest BCUT2D eigenvalue weighted by molar-refractivity contribution is 8.00. The quantitative estimate of drug-likeness (QED) is 0.0356. The fourth-order valence-electron chi connectivity index (χ4n) is 7.82. The van der Waals surface area contributed by atoms with Crippen molar-refractivity contribution in [3.63, 3.8) is 0 Å². The van der Waals surface area contributed by atoms with Gasteiger partial charge in [0.1, 0.15) is 24.4 Å². The van der Waals surface area contributed by atoms with Crippen LogP contribution in [-0.2, 0) is 19.1 Å². The molecule has 0 radical (unpaired) electrons. The van der Waals surface area contributed by atoms with Crippen molar-refractivity contribution in [2.75, 3.05) is 17.7 Å². The second-order valence-electron chi connectivity index (χ2n) is 16.5. The predicted molar refractivity (Wildman–Crippen MR) is 226 cm³/mol. The van der Waals surface area contributed by atoms with Crippen molar-refractivity contribution >= 4 is 35.4 Å². The number of hydrogen-bond donors (Lipinski definition) is 8. The minimum absolute atomic E-state index is 0.0204. The number of hydrogen-bond acceptors (Lipinski definition) is 12. The summed E-state index contributed by atoms with van der Waals surface area (Å²) in [6.45, 7) is 5.64. The van der Waals surface area contributed by atoms with Crippen molar-refractivity contribution < 1.29 is 49.8 Å². The van der Waals surface area contributed by atoms with Crippen molar-refractivity contribution in [1.29, 1.82) is 0 Å². The molecule has 0 saturated carbocycles. The molecule has 1 aliphatic heterocycles. The van der Waals surface area contributed by atoms with E-state index in [0.717, 1.165) is 56.0 Å². The number of carboxylic acid groups (broad SMARTS) is 2. The second-order valence-corrected chi connectivity index (χ2v) is 17.7. The van der Waals surface area contributed by atoms with Gasteiger partial charge in [-0.2, -0.15) is 11.8 Å². The summed E-state index contributed by atoms with van der Waals surface area (Å²) in [6.07, 6.45) is 17.0. The first-order valence-corrected chi connectivity index (χ1v) is 23.3. The molecular formula is C42H77N5O10S. The van der Waals surface area contributed by atoms with Crippen molar-refractivity contribution in [1.82, 2.24) is 15.0 Å². The number of aliphatic carboxylic acids is 2. The van der Waals surface area contributed by atoms with Gasteiger partial charge in [0, 0.05) is 11.0 Å². The number of thioether (sulfide) groups is 1. The highest BCUT2D eigenvalue weighted by Gasteiger charge is 2.45. The molecule has 1 saturated heterocycles. The van der Waals surface area contributed by atoms with Crippen LogP contribution in [0.4, 0.5) is 5.82 Å². The van der Waals surface area contributed by atoms with Gasteiger partial charge in [-0.3, -0.25) is 14.4 Å². The smallest absolute Gasteiger partial charge is 0.307 e. The number of rotatable bonds is 34. The summed E-state index contributed by atoms with van der Waals surface area (Å²) < 4.78 is 6.55. The van der Waals surface area contributed by atoms with Crippen LogP contribution in [0.1, 0.15) is 168 Å². The molecule has 9 N–H and O–H groups in total. The molecule has 0 bridgehead atoms. The first kappa shape index (κ1) is 51.8. The molecule has 1 aliphatic rings. The lowest BCUT2D eigenvalue weighted by Crippen LogP contribution is -2.56. The lowest BCUT2D eigenvalue weighted by atomic mass is 9.81. The summed E-state index contributed by atoms with van der Waals surface area (Å²) in [7, 11) is 0. The Bertz CT molecular complexity index is 1270. The van der Waals surface area contributed by atoms with Crippen LogP contribution < -0.4 is 11.1 Å². The number of nitrogens with zero attached hydrogens (tertiary/aromatic N) is 3. The largest absolute Gasteiger partial charge is 0.481 e. The third-order valence-electron chi connectivity index (χ3n) is 11.6. The Morgan fingerprint density at radius 2 is 1.28 bits per heavy atom. The first-order valence-electron chi connectivity index (χ1n) is 22.2. The molecule has 6 unspecified atom stereocenters. The van der Waals surface area contributed by atoms with Gasteiger partial charge >= 0.3 is 11.9 Å². The Kier molecular flexibility index (Phi) is 26.6. The Morgan fingerprint density at radius 3 is 1.78 bits per heavy atom. The zero-order valence-electron chi connectivity index (χ0n) is 35.5. The molecule has 1 aromatic rings. The monoisotopic (exact) mass is 844 g/mol. The fourth-order valence-corrected chi connectivity index (χ4v) is 9.22. The van der Waals surface area contributed by atoms with Gasteiger partial charge in [-0.25, -0.2) is 4.68 Å². The minimum atomic E-state index is -1.62. The van der Waals surface area contributed by atoms with Crippen molar-refractivity contribution in [3.8, 4) is 0 Å². The Morgan fingerprint density at radius 1 is 0.776 bits per heavy atom. The first-order chi connectivity index (χ1) is 27.9. The number of aromatic nitrogens is 3. The molecule has 2 rings (SSSR count). The van der Waals surface area contributed by atoms with E-state index < -0.39 is 73.0 Å². The van der Waals surface area contributed by atoms with Crippen LogP contribution in [0.5, 0.6) is 0 Å². The topological polar surface area (TPSA) is 251 Å². The number of amides is 1. The molecule has 16 heteroatoms. The Balaban J connectivity index is 2.03. The zero-order valence-corrected chi connectivity index (χ0v) is 36.3. The van der Waals surface area contributed by atoms with Gasteiger partial charge in [0.2, 0.25) is 5.91 Å². The number of aliphatic hydroxyl groups excluding tert-OH is 4. The third-order valence-corrected chi connectivity index (χ3v) is 13.1. The summed E-state index contributed by atoms with van der Waals surface area (Å²) in [5, 5.41) is 70.8. The lowest BCUT2D eigenvalue weighted by molar-refractivity contribution is -0.254. The Hall–Kier alpha value is -2.34. The van der Waals surface area contributed by atoms with Crippen LogP contribution in [0.15, 0.2) is 6.20 Å². The number of ether oxygens (including phenoxy) is 1. The number of nitrogens with one attached hydrogen (secondary N) is 1. The third kappa shape index (κ3) is 18.9. The summed E-state index contributed by atoms with van der Waals surface area (Å²) in [5.41, 5.74) is 6.32. The summed E-state index contributed by atoms with van der Waals surface area (Å²) in [6, 6.07) is -1.05. The van der Waals surface area contributed by atoms with Crippen LogP contribution in [0.3, 0.4) is 0 Å². The summed E-state index contributed by atoms with van der Waals surface area (Å²) >= 11 is 1.33. The second kappa shape index (κ2) is 29.8. The number of unbranched alkanes of at least 4 members (excludes halogenated alkanes) is 17. The number of aliphatic hydroxyl groups is 4. The molecular weight excluding hydrogens is 767 g/mol. The molecule has 1 amide bonds. The number of carbonyl (C=O) groups is 3. The van der Waals surface area contributed by atoms with Crippen LogP contribution in [0, 0.1) is 17.8 Å². The fraction of sp³-hybridized carbons (Fsp3) is 0.881. The van der Waals surface area contributed by atoms with E-state index in [1.807, 2.05) is 6.92 Å². The standard InChI is InChI=1S/C42H77N5O10S/c1-4-6-8-10-12-14-16-17-19-21-23-30(41(53)54)29(3)25-31(42(55)56)34(24-22-20-18-15-13-11-9-7-5-2)58-28-32(43)39(52)44-35-26-47(46-45-35)40-38(51)37(50)36(49)33(27-48)57-40/h26,29-34,36-38,40,48-51H,4-25,27-28,43H2,1-3H3,(H,44,52)(H,53,54)(H,55,56)/t29?,30-,31+,32-,33?,34?,36?,37?,38?,40-/m1/s1. The predicted octanol–water partition coefficient (Wildman–Crippen LogP) is 6.28. The minimum Gasteiger partial charge on any atom is -0.481 e. The van der Waals surface area contributed by atoms with Gasteiger partial charge in [0.25, 0.3) is 0 Å². The molecule has 0 spiro atoms. The molecule has 1 aromatic heterocycles. The van der Waals surface area contributed by atoms with Crippen LogP contribution >= 0.6 is 11.8 Å². The molecule has 0 aliphatic carbocycles. The molecule has 58 heavy (non-hydrogen) atoms. The molecule has 2 heterocycles. The average Bonchev–Trinajstić information content (AvgIpc) is 3.66. The maximum absolute atomic E-state index is 13.2. The van der Waals surface area contributed by atoms with Crippen LogP contribution in [0.2, 0.25) is 0 Å². The number of carbonyl (C=O) groups excluding carboxylic acids is 1. The maximum Gasteiger partial charge on any atom is 0.307 e. The Labute approximate surface area is 350 Å². The molecule has 10 atom stereocenters. The van der Waals surface area contributed by atoms with E-state index in [1.54, 1.807) is 0 Å². The lowest BCUT2D eigenvalue weighted by Gasteiger charge is -2.39. The number of nitrogens with two attached hydrogens (primary N) is 1. The van der Waals surface area contributed by atoms with E-state index in [-0.39, 0.29) is 29.2 Å². The van der Waals surface area contributed by atoms with Gasteiger partial charge in [-0.05, 0) is 25.2 Å². The van der Waals surface area contributed by atoms with E-state index in [1.165, 1.54) is 88.6 Å². The van der Waals surface area contributed by atoms with Gasteiger partial charge in [-0.1, -0.05) is 148 Å². The van der Waals surface area contributed by atoms with Crippen LogP contribution in [-0.4, -0.2) is 112 Å². The van der Waals surface area contributed by atoms with E-state index >= 15 is 0 Å². The SMILES string of the molecule is CCCCCCCCCCCC[C@@H](C(=O)O)C(C)C[C@H](C(=O)O)C(CCCCCCCCCCC)SC[C@@H](N)C(=O)Nc1cn([C@@H]2OC(CO)C(O)C(O)C2O)nn1. The van der Waals surface area contributed by atoms with Crippen molar-refractivity contribution in [2.24, 2.45) is 23.5 Å². The summed E-state index contributed by atoms with van der Waals surface area (Å²) in [5.74, 6) is -4.20. The van der Waals surface area contributed by atoms with Gasteiger partial charge in [0.15, 0.2) is 12.0 Å². The van der Waals surface area contributed by atoms with Crippen LogP contribution in [0.25, 0.3) is 0 Å². The normalized spacial score (nSPS) is 22.2. The van der Waals surface area contributed by atoms with E-state index in [9.17, 15) is 45.0 Å². The number of anilines is 1. The van der Waals surface area contributed by atoms with Crippen molar-refractivity contribution in [2.45, 2.75) is 204 Å². The van der Waals surface area contributed by atoms with Gasteiger partial charge in [0.05, 0.1) is 30.7 Å². The highest BCUT2D eigenvalue weighted by atomic mass is 32.2.